The van der Waals surface area contributed by atoms with Crippen LogP contribution in [0, 0.1) is 0 Å². The molecule has 74 valence electrons. The minimum absolute atomic E-state index is 0.175. The van der Waals surface area contributed by atoms with Gasteiger partial charge in [-0.1, -0.05) is 0 Å². The average Bonchev–Trinajstić information content (AvgIpc) is 1.97. The second kappa shape index (κ2) is 4.79. The van der Waals surface area contributed by atoms with Crippen LogP contribution in [0.3, 0.4) is 0 Å². The molecule has 0 aromatic rings. The highest BCUT2D eigenvalue weighted by atomic mass is 32.2. The quantitative estimate of drug-likeness (QED) is 0.610. The lowest BCUT2D eigenvalue weighted by atomic mass is 10.3. The Morgan fingerprint density at radius 1 is 1.42 bits per heavy atom. The maximum absolute atomic E-state index is 11.0. The highest BCUT2D eigenvalue weighted by Gasteiger charge is 2.14. The van der Waals surface area contributed by atoms with Crippen molar-refractivity contribution in [3.05, 3.63) is 0 Å². The van der Waals surface area contributed by atoms with Crippen LogP contribution in [0.5, 0.6) is 0 Å². The molecular formula is C7H18N2O2S. The first kappa shape index (κ1) is 11.9. The van der Waals surface area contributed by atoms with Crippen molar-refractivity contribution in [2.45, 2.75) is 25.1 Å². The van der Waals surface area contributed by atoms with Crippen molar-refractivity contribution in [3.8, 4) is 0 Å². The van der Waals surface area contributed by atoms with Crippen LogP contribution in [0.1, 0.15) is 13.8 Å². The summed E-state index contributed by atoms with van der Waals surface area (Å²) in [5.74, 6) is 0. The van der Waals surface area contributed by atoms with E-state index in [1.54, 1.807) is 6.92 Å². The van der Waals surface area contributed by atoms with Crippen LogP contribution in [0.15, 0.2) is 0 Å². The van der Waals surface area contributed by atoms with Crippen molar-refractivity contribution in [2.75, 3.05) is 19.3 Å². The molecule has 0 aromatic heterocycles. The lowest BCUT2D eigenvalue weighted by Gasteiger charge is -2.14. The van der Waals surface area contributed by atoms with E-state index >= 15 is 0 Å². The van der Waals surface area contributed by atoms with Crippen molar-refractivity contribution < 1.29 is 8.42 Å². The molecule has 0 heterocycles. The maximum atomic E-state index is 11.0. The van der Waals surface area contributed by atoms with Gasteiger partial charge >= 0.3 is 0 Å². The summed E-state index contributed by atoms with van der Waals surface area (Å²) in [6.45, 7) is 4.61. The van der Waals surface area contributed by atoms with Gasteiger partial charge in [-0.15, -0.1) is 0 Å². The summed E-state index contributed by atoms with van der Waals surface area (Å²) in [6.07, 6.45) is 1.24. The van der Waals surface area contributed by atoms with E-state index in [2.05, 4.69) is 5.32 Å². The fourth-order valence-electron chi connectivity index (χ4n) is 0.602. The van der Waals surface area contributed by atoms with Gasteiger partial charge in [0.05, 0.1) is 5.25 Å². The monoisotopic (exact) mass is 194 g/mol. The summed E-state index contributed by atoms with van der Waals surface area (Å²) in [5, 5.41) is 2.69. The largest absolute Gasteiger partial charge is 0.329 e. The van der Waals surface area contributed by atoms with Crippen LogP contribution in [0.4, 0.5) is 0 Å². The Hall–Kier alpha value is -0.130. The number of nitrogens with two attached hydrogens (primary N) is 1. The Morgan fingerprint density at radius 3 is 2.25 bits per heavy atom. The van der Waals surface area contributed by atoms with E-state index in [0.29, 0.717) is 13.1 Å². The summed E-state index contributed by atoms with van der Waals surface area (Å²) in [7, 11) is -2.91. The van der Waals surface area contributed by atoms with Gasteiger partial charge in [-0.3, -0.25) is 0 Å². The van der Waals surface area contributed by atoms with E-state index < -0.39 is 9.84 Å². The van der Waals surface area contributed by atoms with Gasteiger partial charge in [0.1, 0.15) is 0 Å². The van der Waals surface area contributed by atoms with Gasteiger partial charge in [0.25, 0.3) is 0 Å². The van der Waals surface area contributed by atoms with E-state index in [-0.39, 0.29) is 11.3 Å². The van der Waals surface area contributed by atoms with Gasteiger partial charge < -0.3 is 11.1 Å². The predicted molar refractivity (Wildman–Crippen MR) is 50.8 cm³/mol. The van der Waals surface area contributed by atoms with E-state index in [4.69, 9.17) is 5.73 Å². The zero-order valence-corrected chi connectivity index (χ0v) is 8.69. The highest BCUT2D eigenvalue weighted by molar-refractivity contribution is 7.91. The van der Waals surface area contributed by atoms with E-state index in [9.17, 15) is 8.42 Å². The van der Waals surface area contributed by atoms with Crippen molar-refractivity contribution in [1.82, 2.24) is 5.32 Å². The lowest BCUT2D eigenvalue weighted by Crippen LogP contribution is -2.39. The SMILES string of the molecule is CC(CN[C@H](C)CN)S(C)(=O)=O. The van der Waals surface area contributed by atoms with Crippen LogP contribution < -0.4 is 11.1 Å². The second-order valence-corrected chi connectivity index (χ2v) is 5.65. The molecule has 0 bridgehead atoms. The first-order valence-electron chi connectivity index (χ1n) is 4.00. The molecule has 0 saturated heterocycles. The summed E-state index contributed by atoms with van der Waals surface area (Å²) >= 11 is 0. The molecule has 0 aromatic carbocycles. The standard InChI is InChI=1S/C7H18N2O2S/c1-6(4-8)9-5-7(2)12(3,10)11/h6-7,9H,4-5,8H2,1-3H3/t6-,7?/m1/s1. The van der Waals surface area contributed by atoms with Gasteiger partial charge in [-0.2, -0.15) is 0 Å². The molecule has 0 saturated carbocycles. The normalized spacial score (nSPS) is 17.3. The van der Waals surface area contributed by atoms with Gasteiger partial charge in [-0.05, 0) is 13.8 Å². The predicted octanol–water partition coefficient (Wildman–Crippen LogP) is -0.644. The zero-order valence-electron chi connectivity index (χ0n) is 7.87. The third-order valence-electron chi connectivity index (χ3n) is 1.84. The second-order valence-electron chi connectivity index (χ2n) is 3.19. The first-order chi connectivity index (χ1) is 5.38. The van der Waals surface area contributed by atoms with Crippen LogP contribution in [-0.4, -0.2) is 39.1 Å². The lowest BCUT2D eigenvalue weighted by molar-refractivity contribution is 0.537. The van der Waals surface area contributed by atoms with E-state index in [1.165, 1.54) is 6.26 Å². The molecule has 0 aliphatic heterocycles. The summed E-state index contributed by atoms with van der Waals surface area (Å²) < 4.78 is 21.9. The third kappa shape index (κ3) is 4.69. The Balaban J connectivity index is 3.80. The van der Waals surface area contributed by atoms with Crippen LogP contribution in [0.25, 0.3) is 0 Å². The summed E-state index contributed by atoms with van der Waals surface area (Å²) in [4.78, 5) is 0. The van der Waals surface area contributed by atoms with E-state index in [0.717, 1.165) is 0 Å². The van der Waals surface area contributed by atoms with Crippen molar-refractivity contribution in [3.63, 3.8) is 0 Å². The van der Waals surface area contributed by atoms with Crippen molar-refractivity contribution in [2.24, 2.45) is 5.73 Å². The Bertz CT molecular complexity index is 213. The summed E-state index contributed by atoms with van der Waals surface area (Å²) in [5.41, 5.74) is 5.36. The molecule has 5 heteroatoms. The molecule has 0 aliphatic rings. The molecular weight excluding hydrogens is 176 g/mol. The van der Waals surface area contributed by atoms with Gasteiger partial charge in [0.2, 0.25) is 0 Å². The Morgan fingerprint density at radius 2 is 1.92 bits per heavy atom. The van der Waals surface area contributed by atoms with Crippen LogP contribution >= 0.6 is 0 Å². The van der Waals surface area contributed by atoms with Gasteiger partial charge in [-0.25, -0.2) is 8.42 Å². The molecule has 0 spiro atoms. The number of rotatable bonds is 5. The minimum atomic E-state index is -2.91. The van der Waals surface area contributed by atoms with E-state index in [1.807, 2.05) is 6.92 Å². The Labute approximate surface area is 74.4 Å². The fraction of sp³-hybridized carbons (Fsp3) is 1.00. The summed E-state index contributed by atoms with van der Waals surface area (Å²) in [6, 6.07) is 0.175. The topological polar surface area (TPSA) is 72.2 Å². The zero-order chi connectivity index (χ0) is 9.78. The Kier molecular flexibility index (Phi) is 4.74. The number of hydrogen-bond donors (Lipinski definition) is 2. The first-order valence-corrected chi connectivity index (χ1v) is 5.95. The minimum Gasteiger partial charge on any atom is -0.329 e. The molecule has 12 heavy (non-hydrogen) atoms. The molecule has 2 atom stereocenters. The number of nitrogens with one attached hydrogen (secondary N) is 1. The van der Waals surface area contributed by atoms with Gasteiger partial charge in [0, 0.05) is 25.4 Å². The fourth-order valence-corrected chi connectivity index (χ4v) is 1.00. The molecule has 0 fully saturated rings. The number of sulfone groups is 1. The molecule has 3 N–H and O–H groups in total. The highest BCUT2D eigenvalue weighted by Crippen LogP contribution is 1.95. The molecule has 0 aliphatic carbocycles. The molecule has 4 nitrogen and oxygen atoms in total. The van der Waals surface area contributed by atoms with Crippen LogP contribution in [0.2, 0.25) is 0 Å². The van der Waals surface area contributed by atoms with Crippen molar-refractivity contribution >= 4 is 9.84 Å². The molecule has 1 unspecified atom stereocenters. The number of hydrogen-bond acceptors (Lipinski definition) is 4. The maximum Gasteiger partial charge on any atom is 0.151 e. The third-order valence-corrected chi connectivity index (χ3v) is 3.47. The van der Waals surface area contributed by atoms with Gasteiger partial charge in [0.15, 0.2) is 9.84 Å². The smallest absolute Gasteiger partial charge is 0.151 e. The molecule has 0 radical (unpaired) electrons. The van der Waals surface area contributed by atoms with Crippen molar-refractivity contribution in [1.29, 1.82) is 0 Å². The molecule has 0 amide bonds. The average molecular weight is 194 g/mol. The molecule has 0 rings (SSSR count). The van der Waals surface area contributed by atoms with Crippen LogP contribution in [-0.2, 0) is 9.84 Å².